The molecule has 0 aliphatic heterocycles. The number of hydrogen-bond donors (Lipinski definition) is 2. The number of rotatable bonds is 5. The first-order chi connectivity index (χ1) is 10.1. The maximum Gasteiger partial charge on any atom is 0.411 e. The van der Waals surface area contributed by atoms with Crippen LogP contribution in [0.15, 0.2) is 36.7 Å². The number of anilines is 2. The molecule has 0 bridgehead atoms. The van der Waals surface area contributed by atoms with Gasteiger partial charge in [-0.3, -0.25) is 10.00 Å². The number of nitrogens with one attached hydrogen (secondary N) is 2. The lowest BCUT2D eigenvalue weighted by molar-refractivity contribution is 0.187. The van der Waals surface area contributed by atoms with Gasteiger partial charge in [-0.15, -0.1) is 0 Å². The number of methoxy groups -OCH3 is 1. The van der Waals surface area contributed by atoms with Crippen LogP contribution in [0.25, 0.3) is 0 Å². The quantitative estimate of drug-likeness (QED) is 0.886. The van der Waals surface area contributed by atoms with Crippen LogP contribution in [0.3, 0.4) is 0 Å². The molecule has 0 fully saturated rings. The minimum atomic E-state index is -0.482. The Morgan fingerprint density at radius 2 is 2.19 bits per heavy atom. The summed E-state index contributed by atoms with van der Waals surface area (Å²) in [4.78, 5) is 11.2. The van der Waals surface area contributed by atoms with Crippen LogP contribution in [0, 0.1) is 0 Å². The molecule has 1 amide bonds. The molecule has 0 saturated carbocycles. The number of carbonyl (C=O) groups excluding carboxylic acids is 1. The third-order valence-electron chi connectivity index (χ3n) is 3.15. The molecule has 1 heterocycles. The molecule has 0 radical (unpaired) electrons. The Kier molecular flexibility index (Phi) is 4.81. The molecule has 2 rings (SSSR count). The Hall–Kier alpha value is -2.50. The first kappa shape index (κ1) is 14.9. The van der Waals surface area contributed by atoms with Crippen molar-refractivity contribution in [3.63, 3.8) is 0 Å². The second kappa shape index (κ2) is 6.78. The normalized spacial score (nSPS) is 11.8. The van der Waals surface area contributed by atoms with Gasteiger partial charge in [0.2, 0.25) is 0 Å². The first-order valence-electron chi connectivity index (χ1n) is 6.86. The summed E-state index contributed by atoms with van der Waals surface area (Å²) in [6.45, 7) is 4.97. The van der Waals surface area contributed by atoms with Crippen LogP contribution in [0.2, 0.25) is 0 Å². The van der Waals surface area contributed by atoms with Crippen LogP contribution < -0.4 is 10.6 Å². The van der Waals surface area contributed by atoms with Crippen molar-refractivity contribution in [3.8, 4) is 0 Å². The lowest BCUT2D eigenvalue weighted by Crippen LogP contribution is -2.11. The summed E-state index contributed by atoms with van der Waals surface area (Å²) in [7, 11) is 1.34. The topological polar surface area (TPSA) is 68.2 Å². The van der Waals surface area contributed by atoms with E-state index in [0.29, 0.717) is 5.69 Å². The van der Waals surface area contributed by atoms with Crippen molar-refractivity contribution in [1.29, 1.82) is 0 Å². The Labute approximate surface area is 124 Å². The van der Waals surface area contributed by atoms with Gasteiger partial charge in [0.05, 0.1) is 19.3 Å². The molecule has 0 spiro atoms. The molecule has 21 heavy (non-hydrogen) atoms. The highest BCUT2D eigenvalue weighted by Crippen LogP contribution is 2.21. The van der Waals surface area contributed by atoms with Crippen molar-refractivity contribution < 1.29 is 9.53 Å². The van der Waals surface area contributed by atoms with Crippen LogP contribution >= 0.6 is 0 Å². The van der Waals surface area contributed by atoms with E-state index < -0.39 is 6.09 Å². The lowest BCUT2D eigenvalue weighted by atomic mass is 10.1. The van der Waals surface area contributed by atoms with Gasteiger partial charge in [-0.05, 0) is 32.0 Å². The zero-order valence-electron chi connectivity index (χ0n) is 12.5. The molecule has 1 aromatic carbocycles. The number of nitrogens with zero attached hydrogens (tertiary/aromatic N) is 2. The van der Waals surface area contributed by atoms with Crippen molar-refractivity contribution in [2.24, 2.45) is 0 Å². The third-order valence-corrected chi connectivity index (χ3v) is 3.15. The molecule has 2 aromatic rings. The zero-order chi connectivity index (χ0) is 15.2. The minimum Gasteiger partial charge on any atom is -0.453 e. The minimum absolute atomic E-state index is 0.124. The number of carbonyl (C=O) groups is 1. The fourth-order valence-corrected chi connectivity index (χ4v) is 1.97. The van der Waals surface area contributed by atoms with Crippen LogP contribution in [0.5, 0.6) is 0 Å². The summed E-state index contributed by atoms with van der Waals surface area (Å²) >= 11 is 0. The Morgan fingerprint density at radius 1 is 1.43 bits per heavy atom. The summed E-state index contributed by atoms with van der Waals surface area (Å²) in [5, 5.41) is 10.3. The van der Waals surface area contributed by atoms with Gasteiger partial charge >= 0.3 is 6.09 Å². The van der Waals surface area contributed by atoms with E-state index in [1.54, 1.807) is 0 Å². The summed E-state index contributed by atoms with van der Waals surface area (Å²) < 4.78 is 6.47. The lowest BCUT2D eigenvalue weighted by Gasteiger charge is -2.14. The predicted octanol–water partition coefficient (Wildman–Crippen LogP) is 3.25. The molecule has 0 aliphatic rings. The average Bonchev–Trinajstić information content (AvgIpc) is 2.96. The Morgan fingerprint density at radius 3 is 2.86 bits per heavy atom. The monoisotopic (exact) mass is 288 g/mol. The number of aryl methyl sites for hydroxylation is 1. The SMILES string of the molecule is CCn1cc(C(C)Nc2cccc(NC(=O)OC)c2)cn1. The highest BCUT2D eigenvalue weighted by molar-refractivity contribution is 5.85. The van der Waals surface area contributed by atoms with Crippen molar-refractivity contribution in [3.05, 3.63) is 42.2 Å². The number of hydrogen-bond acceptors (Lipinski definition) is 4. The van der Waals surface area contributed by atoms with E-state index in [4.69, 9.17) is 0 Å². The van der Waals surface area contributed by atoms with E-state index >= 15 is 0 Å². The molecule has 0 saturated heterocycles. The summed E-state index contributed by atoms with van der Waals surface area (Å²) in [5.41, 5.74) is 2.71. The van der Waals surface area contributed by atoms with Crippen LogP contribution in [0.1, 0.15) is 25.5 Å². The van der Waals surface area contributed by atoms with E-state index in [1.807, 2.05) is 41.3 Å². The molecule has 6 nitrogen and oxygen atoms in total. The molecular formula is C15H20N4O2. The second-order valence-corrected chi connectivity index (χ2v) is 4.69. The summed E-state index contributed by atoms with van der Waals surface area (Å²) in [6.07, 6.45) is 3.40. The molecule has 1 aromatic heterocycles. The first-order valence-corrected chi connectivity index (χ1v) is 6.86. The van der Waals surface area contributed by atoms with Crippen LogP contribution in [0.4, 0.5) is 16.2 Å². The largest absolute Gasteiger partial charge is 0.453 e. The van der Waals surface area contributed by atoms with Crippen LogP contribution in [-0.2, 0) is 11.3 Å². The maximum absolute atomic E-state index is 11.2. The van der Waals surface area contributed by atoms with Crippen molar-refractivity contribution in [2.45, 2.75) is 26.4 Å². The van der Waals surface area contributed by atoms with Crippen molar-refractivity contribution in [2.75, 3.05) is 17.7 Å². The molecule has 112 valence electrons. The number of benzene rings is 1. The van der Waals surface area contributed by atoms with E-state index in [-0.39, 0.29) is 6.04 Å². The third kappa shape index (κ3) is 3.98. The van der Waals surface area contributed by atoms with Gasteiger partial charge in [0, 0.05) is 29.7 Å². The highest BCUT2D eigenvalue weighted by Gasteiger charge is 2.08. The molecule has 6 heteroatoms. The van der Waals surface area contributed by atoms with E-state index in [9.17, 15) is 4.79 Å². The number of ether oxygens (including phenoxy) is 1. The van der Waals surface area contributed by atoms with Crippen molar-refractivity contribution >= 4 is 17.5 Å². The van der Waals surface area contributed by atoms with E-state index in [2.05, 4.69) is 34.3 Å². The summed E-state index contributed by atoms with van der Waals surface area (Å²) in [6, 6.07) is 7.61. The standard InChI is InChI=1S/C15H20N4O2/c1-4-19-10-12(9-16-19)11(2)17-13-6-5-7-14(8-13)18-15(20)21-3/h5-11,17H,4H2,1-3H3,(H,18,20). The van der Waals surface area contributed by atoms with Gasteiger partial charge in [0.15, 0.2) is 0 Å². The van der Waals surface area contributed by atoms with Gasteiger partial charge in [-0.2, -0.15) is 5.10 Å². The Bertz CT molecular complexity index is 609. The fraction of sp³-hybridized carbons (Fsp3) is 0.333. The van der Waals surface area contributed by atoms with Gasteiger partial charge in [-0.25, -0.2) is 4.79 Å². The number of aromatic nitrogens is 2. The highest BCUT2D eigenvalue weighted by atomic mass is 16.5. The van der Waals surface area contributed by atoms with Gasteiger partial charge in [-0.1, -0.05) is 6.07 Å². The van der Waals surface area contributed by atoms with E-state index in [0.717, 1.165) is 17.8 Å². The maximum atomic E-state index is 11.2. The molecule has 1 unspecified atom stereocenters. The van der Waals surface area contributed by atoms with Crippen molar-refractivity contribution in [1.82, 2.24) is 9.78 Å². The summed E-state index contributed by atoms with van der Waals surface area (Å²) in [5.74, 6) is 0. The molecule has 1 atom stereocenters. The second-order valence-electron chi connectivity index (χ2n) is 4.69. The smallest absolute Gasteiger partial charge is 0.411 e. The van der Waals surface area contributed by atoms with E-state index in [1.165, 1.54) is 7.11 Å². The molecule has 0 aliphatic carbocycles. The number of amides is 1. The molecular weight excluding hydrogens is 268 g/mol. The zero-order valence-corrected chi connectivity index (χ0v) is 12.5. The van der Waals surface area contributed by atoms with Gasteiger partial charge in [0.25, 0.3) is 0 Å². The van der Waals surface area contributed by atoms with Gasteiger partial charge in [0.1, 0.15) is 0 Å². The fourth-order valence-electron chi connectivity index (χ4n) is 1.97. The van der Waals surface area contributed by atoms with Crippen LogP contribution in [-0.4, -0.2) is 23.0 Å². The predicted molar refractivity (Wildman–Crippen MR) is 82.4 cm³/mol. The molecule has 2 N–H and O–H groups in total. The average molecular weight is 288 g/mol. The van der Waals surface area contributed by atoms with Gasteiger partial charge < -0.3 is 10.1 Å². The Balaban J connectivity index is 2.04.